The van der Waals surface area contributed by atoms with E-state index in [0.717, 1.165) is 35.6 Å². The van der Waals surface area contributed by atoms with E-state index in [0.29, 0.717) is 31.7 Å². The molecule has 1 aliphatic heterocycles. The fourth-order valence-electron chi connectivity index (χ4n) is 4.19. The number of nitrogen functional groups attached to an aromatic ring is 1. The summed E-state index contributed by atoms with van der Waals surface area (Å²) in [6, 6.07) is 5.58. The summed E-state index contributed by atoms with van der Waals surface area (Å²) < 4.78 is 41.3. The molecule has 156 valence electrons. The smallest absolute Gasteiger partial charge is 0.396 e. The van der Waals surface area contributed by atoms with Crippen LogP contribution in [-0.2, 0) is 12.6 Å². The third-order valence-electron chi connectivity index (χ3n) is 5.93. The maximum atomic E-state index is 13.8. The largest absolute Gasteiger partial charge is 0.419 e. The zero-order valence-electron chi connectivity index (χ0n) is 16.2. The summed E-state index contributed by atoms with van der Waals surface area (Å²) in [5.74, 6) is 0. The number of hydrogen-bond donors (Lipinski definition) is 2. The van der Waals surface area contributed by atoms with Gasteiger partial charge in [0.1, 0.15) is 0 Å². The van der Waals surface area contributed by atoms with Gasteiger partial charge in [0.15, 0.2) is 0 Å². The van der Waals surface area contributed by atoms with E-state index < -0.39 is 11.7 Å². The van der Waals surface area contributed by atoms with Crippen molar-refractivity contribution in [3.8, 4) is 0 Å². The van der Waals surface area contributed by atoms with Crippen molar-refractivity contribution in [1.82, 2.24) is 20.3 Å². The highest BCUT2D eigenvalue weighted by molar-refractivity contribution is 5.76. The first kappa shape index (κ1) is 19.0. The van der Waals surface area contributed by atoms with Crippen LogP contribution in [0.5, 0.6) is 0 Å². The van der Waals surface area contributed by atoms with Crippen LogP contribution in [0.2, 0.25) is 0 Å². The fourth-order valence-corrected chi connectivity index (χ4v) is 4.19. The summed E-state index contributed by atoms with van der Waals surface area (Å²) in [5.41, 5.74) is 8.41. The molecule has 6 nitrogen and oxygen atoms in total. The van der Waals surface area contributed by atoms with Gasteiger partial charge in [-0.15, -0.1) is 0 Å². The van der Waals surface area contributed by atoms with Crippen LogP contribution in [-0.4, -0.2) is 40.1 Å². The Morgan fingerprint density at radius 1 is 1.10 bits per heavy atom. The number of halogens is 3. The monoisotopic (exact) mass is 414 g/mol. The van der Waals surface area contributed by atoms with Crippen LogP contribution >= 0.6 is 0 Å². The van der Waals surface area contributed by atoms with Crippen LogP contribution in [0.25, 0.3) is 11.0 Å². The molecule has 3 aromatic rings. The minimum Gasteiger partial charge on any atom is -0.396 e. The number of rotatable bonds is 3. The lowest BCUT2D eigenvalue weighted by Gasteiger charge is -2.37. The van der Waals surface area contributed by atoms with E-state index in [1.54, 1.807) is 17.3 Å². The van der Waals surface area contributed by atoms with Crippen molar-refractivity contribution in [3.05, 3.63) is 53.6 Å². The minimum atomic E-state index is -4.52. The molecular formula is C21H21F3N6. The van der Waals surface area contributed by atoms with Gasteiger partial charge < -0.3 is 16.0 Å². The number of benzene rings is 1. The summed E-state index contributed by atoms with van der Waals surface area (Å²) in [4.78, 5) is 14.4. The normalized spacial score (nSPS) is 18.2. The molecule has 1 spiro atoms. The summed E-state index contributed by atoms with van der Waals surface area (Å²) in [7, 11) is 0. The van der Waals surface area contributed by atoms with Gasteiger partial charge in [0.2, 0.25) is 0 Å². The average molecular weight is 414 g/mol. The summed E-state index contributed by atoms with van der Waals surface area (Å²) >= 11 is 0. The number of nitrogens with one attached hydrogen (secondary N) is 1. The number of fused-ring (bicyclic) bond motifs is 1. The van der Waals surface area contributed by atoms with Crippen molar-refractivity contribution in [2.75, 3.05) is 30.3 Å². The molecule has 30 heavy (non-hydrogen) atoms. The number of pyridine rings is 1. The van der Waals surface area contributed by atoms with Gasteiger partial charge in [-0.25, -0.2) is 0 Å². The molecule has 1 saturated heterocycles. The summed E-state index contributed by atoms with van der Waals surface area (Å²) in [5, 5.41) is 3.43. The summed E-state index contributed by atoms with van der Waals surface area (Å²) in [6.45, 7) is 1.64. The van der Waals surface area contributed by atoms with Gasteiger partial charge in [-0.1, -0.05) is 6.07 Å². The zero-order chi connectivity index (χ0) is 20.9. The van der Waals surface area contributed by atoms with E-state index >= 15 is 0 Å². The Morgan fingerprint density at radius 3 is 2.60 bits per heavy atom. The molecule has 0 amide bonds. The second-order valence-corrected chi connectivity index (χ2v) is 8.06. The molecule has 0 atom stereocenters. The van der Waals surface area contributed by atoms with Crippen LogP contribution in [0.4, 0.5) is 24.5 Å². The van der Waals surface area contributed by atoms with Gasteiger partial charge in [0, 0.05) is 50.2 Å². The van der Waals surface area contributed by atoms with Crippen LogP contribution in [0, 0.1) is 0 Å². The molecule has 9 heteroatoms. The van der Waals surface area contributed by atoms with Crippen LogP contribution in [0.15, 0.2) is 36.8 Å². The topological polar surface area (TPSA) is 80.0 Å². The number of hydrogen-bond acceptors (Lipinski definition) is 6. The van der Waals surface area contributed by atoms with E-state index in [1.807, 2.05) is 18.2 Å². The number of anilines is 2. The van der Waals surface area contributed by atoms with E-state index in [4.69, 9.17) is 5.73 Å². The van der Waals surface area contributed by atoms with Gasteiger partial charge in [0.05, 0.1) is 33.7 Å². The van der Waals surface area contributed by atoms with E-state index in [-0.39, 0.29) is 16.9 Å². The van der Waals surface area contributed by atoms with Crippen LogP contribution in [0.3, 0.4) is 0 Å². The second-order valence-electron chi connectivity index (χ2n) is 8.06. The van der Waals surface area contributed by atoms with E-state index in [2.05, 4.69) is 20.3 Å². The Hall–Kier alpha value is -2.94. The number of nitrogens with two attached hydrogens (primary N) is 1. The van der Waals surface area contributed by atoms with Crippen LogP contribution < -0.4 is 16.0 Å². The molecule has 1 aliphatic carbocycles. The highest BCUT2D eigenvalue weighted by Crippen LogP contribution is 2.45. The van der Waals surface area contributed by atoms with Crippen molar-refractivity contribution < 1.29 is 13.2 Å². The maximum Gasteiger partial charge on any atom is 0.419 e. The first-order chi connectivity index (χ1) is 14.3. The van der Waals surface area contributed by atoms with Gasteiger partial charge in [-0.3, -0.25) is 15.0 Å². The third kappa shape index (κ3) is 3.43. The van der Waals surface area contributed by atoms with Crippen molar-refractivity contribution >= 4 is 22.4 Å². The molecular weight excluding hydrogens is 393 g/mol. The Labute approximate surface area is 171 Å². The molecule has 1 aromatic carbocycles. The molecule has 0 unspecified atom stereocenters. The fraction of sp³-hybridized carbons (Fsp3) is 0.381. The number of piperazine rings is 1. The maximum absolute atomic E-state index is 13.8. The molecule has 2 aliphatic rings. The quantitative estimate of drug-likeness (QED) is 0.686. The lowest BCUT2D eigenvalue weighted by Crippen LogP contribution is -2.53. The standard InChI is InChI=1S/C21H21F3N6/c22-21(23,24)14-11-28-17(10-13-1-2-15-16(9-13)27-6-5-26-15)18(25)19(14)30-8-7-29-20(12-30)3-4-20/h1-2,5-6,9,11,29H,3-4,7-8,10,12,25H2. The van der Waals surface area contributed by atoms with Crippen molar-refractivity contribution in [3.63, 3.8) is 0 Å². The molecule has 0 radical (unpaired) electrons. The molecule has 2 fully saturated rings. The molecule has 5 rings (SSSR count). The predicted molar refractivity (Wildman–Crippen MR) is 108 cm³/mol. The molecule has 3 N–H and O–H groups in total. The second kappa shape index (κ2) is 6.80. The Morgan fingerprint density at radius 2 is 1.87 bits per heavy atom. The molecule has 0 bridgehead atoms. The molecule has 2 aromatic heterocycles. The van der Waals surface area contributed by atoms with E-state index in [9.17, 15) is 13.2 Å². The first-order valence-electron chi connectivity index (χ1n) is 9.89. The minimum absolute atomic E-state index is 0.0563. The number of nitrogens with zero attached hydrogens (tertiary/aromatic N) is 4. The Kier molecular flexibility index (Phi) is 4.32. The lowest BCUT2D eigenvalue weighted by atomic mass is 10.0. The summed E-state index contributed by atoms with van der Waals surface area (Å²) in [6.07, 6.45) is 1.89. The molecule has 1 saturated carbocycles. The van der Waals surface area contributed by atoms with Crippen molar-refractivity contribution in [1.29, 1.82) is 0 Å². The first-order valence-corrected chi connectivity index (χ1v) is 9.89. The Bertz CT molecular complexity index is 1110. The number of aromatic nitrogens is 3. The molecule has 3 heterocycles. The third-order valence-corrected chi connectivity index (χ3v) is 5.93. The number of alkyl halides is 3. The highest BCUT2D eigenvalue weighted by atomic mass is 19.4. The SMILES string of the molecule is Nc1c(Cc2ccc3nccnc3c2)ncc(C(F)(F)F)c1N1CCNC2(CC2)C1. The van der Waals surface area contributed by atoms with Gasteiger partial charge in [0.25, 0.3) is 0 Å². The van der Waals surface area contributed by atoms with E-state index in [1.165, 1.54) is 0 Å². The predicted octanol–water partition coefficient (Wildman–Crippen LogP) is 3.16. The van der Waals surface area contributed by atoms with Crippen molar-refractivity contribution in [2.24, 2.45) is 0 Å². The average Bonchev–Trinajstić information content (AvgIpc) is 3.46. The van der Waals surface area contributed by atoms with Gasteiger partial charge >= 0.3 is 6.18 Å². The van der Waals surface area contributed by atoms with Crippen LogP contribution in [0.1, 0.15) is 29.7 Å². The zero-order valence-corrected chi connectivity index (χ0v) is 16.2. The highest BCUT2D eigenvalue weighted by Gasteiger charge is 2.47. The lowest BCUT2D eigenvalue weighted by molar-refractivity contribution is -0.137. The van der Waals surface area contributed by atoms with Gasteiger partial charge in [-0.2, -0.15) is 13.2 Å². The Balaban J connectivity index is 1.54. The van der Waals surface area contributed by atoms with Gasteiger partial charge in [-0.05, 0) is 30.5 Å². The van der Waals surface area contributed by atoms with Crippen molar-refractivity contribution in [2.45, 2.75) is 31.0 Å².